The van der Waals surface area contributed by atoms with Crippen LogP contribution in [-0.2, 0) is 4.74 Å². The summed E-state index contributed by atoms with van der Waals surface area (Å²) in [5.74, 6) is 0.473. The molecule has 0 aromatic rings. The van der Waals surface area contributed by atoms with E-state index in [1.54, 1.807) is 4.90 Å². The largest absolute Gasteiger partial charge is 0.512 e. The summed E-state index contributed by atoms with van der Waals surface area (Å²) in [6.45, 7) is 8.75. The van der Waals surface area contributed by atoms with E-state index in [-0.39, 0.29) is 12.0 Å². The number of carbonyl (C=O) groups is 1. The van der Waals surface area contributed by atoms with E-state index in [0.29, 0.717) is 18.8 Å². The standard InChI is InChI=1S/C13H23NO3/c1-5-6-11(15)10-7-8-14(9-10)12(16)17-13(2,3)4/h6,10,15H,5,7-9H2,1-4H3/b11-6-/t10-/m0/s1. The predicted molar refractivity (Wildman–Crippen MR) is 66.9 cm³/mol. The van der Waals surface area contributed by atoms with Gasteiger partial charge in [-0.2, -0.15) is 0 Å². The zero-order valence-corrected chi connectivity index (χ0v) is 11.2. The highest BCUT2D eigenvalue weighted by atomic mass is 16.6. The van der Waals surface area contributed by atoms with Crippen LogP contribution in [0.25, 0.3) is 0 Å². The van der Waals surface area contributed by atoms with Crippen molar-refractivity contribution in [1.29, 1.82) is 0 Å². The van der Waals surface area contributed by atoms with Crippen LogP contribution in [0.5, 0.6) is 0 Å². The third kappa shape index (κ3) is 4.29. The molecule has 17 heavy (non-hydrogen) atoms. The van der Waals surface area contributed by atoms with Crippen molar-refractivity contribution >= 4 is 6.09 Å². The number of aliphatic hydroxyl groups excluding tert-OH is 1. The Hall–Kier alpha value is -1.19. The second kappa shape index (κ2) is 5.43. The fourth-order valence-electron chi connectivity index (χ4n) is 1.87. The third-order valence-electron chi connectivity index (χ3n) is 2.67. The number of hydrogen-bond donors (Lipinski definition) is 1. The van der Waals surface area contributed by atoms with Gasteiger partial charge >= 0.3 is 6.09 Å². The Morgan fingerprint density at radius 1 is 1.53 bits per heavy atom. The molecular formula is C13H23NO3. The summed E-state index contributed by atoms with van der Waals surface area (Å²) in [6.07, 6.45) is 3.14. The summed E-state index contributed by atoms with van der Waals surface area (Å²) in [5.41, 5.74) is -0.462. The van der Waals surface area contributed by atoms with Crippen LogP contribution >= 0.6 is 0 Å². The lowest BCUT2D eigenvalue weighted by molar-refractivity contribution is 0.0288. The van der Waals surface area contributed by atoms with Gasteiger partial charge in [0, 0.05) is 19.0 Å². The molecule has 0 aromatic heterocycles. The second-order valence-corrected chi connectivity index (χ2v) is 5.45. The quantitative estimate of drug-likeness (QED) is 0.756. The molecule has 1 atom stereocenters. The molecule has 1 amide bonds. The summed E-state index contributed by atoms with van der Waals surface area (Å²) in [6, 6.07) is 0. The van der Waals surface area contributed by atoms with E-state index in [0.717, 1.165) is 12.8 Å². The fourth-order valence-corrected chi connectivity index (χ4v) is 1.87. The molecule has 1 N–H and O–H groups in total. The third-order valence-corrected chi connectivity index (χ3v) is 2.67. The Morgan fingerprint density at radius 3 is 2.71 bits per heavy atom. The maximum atomic E-state index is 11.8. The van der Waals surface area contributed by atoms with Gasteiger partial charge in [0.05, 0.1) is 5.76 Å². The van der Waals surface area contributed by atoms with Gasteiger partial charge in [0.25, 0.3) is 0 Å². The number of nitrogens with zero attached hydrogens (tertiary/aromatic N) is 1. The summed E-state index contributed by atoms with van der Waals surface area (Å²) >= 11 is 0. The van der Waals surface area contributed by atoms with E-state index in [9.17, 15) is 9.90 Å². The van der Waals surface area contributed by atoms with Crippen molar-refractivity contribution in [3.05, 3.63) is 11.8 Å². The molecule has 4 heteroatoms. The van der Waals surface area contributed by atoms with Gasteiger partial charge in [-0.3, -0.25) is 0 Å². The van der Waals surface area contributed by atoms with Gasteiger partial charge in [-0.15, -0.1) is 0 Å². The second-order valence-electron chi connectivity index (χ2n) is 5.45. The van der Waals surface area contributed by atoms with Crippen LogP contribution in [-0.4, -0.2) is 34.8 Å². The van der Waals surface area contributed by atoms with Gasteiger partial charge < -0.3 is 14.7 Å². The van der Waals surface area contributed by atoms with Crippen molar-refractivity contribution in [3.63, 3.8) is 0 Å². The summed E-state index contributed by atoms with van der Waals surface area (Å²) in [5, 5.41) is 9.76. The number of likely N-dealkylation sites (tertiary alicyclic amines) is 1. The minimum Gasteiger partial charge on any atom is -0.512 e. The van der Waals surface area contributed by atoms with Crippen LogP contribution < -0.4 is 0 Å². The maximum absolute atomic E-state index is 11.8. The molecule has 0 unspecified atom stereocenters. The van der Waals surface area contributed by atoms with Crippen LogP contribution in [0.15, 0.2) is 11.8 Å². The predicted octanol–water partition coefficient (Wildman–Crippen LogP) is 3.10. The van der Waals surface area contributed by atoms with Crippen LogP contribution in [0.1, 0.15) is 40.5 Å². The molecule has 0 radical (unpaired) electrons. The van der Waals surface area contributed by atoms with Crippen molar-refractivity contribution in [1.82, 2.24) is 4.90 Å². The van der Waals surface area contributed by atoms with Crippen molar-refractivity contribution < 1.29 is 14.6 Å². The molecule has 4 nitrogen and oxygen atoms in total. The molecule has 0 saturated carbocycles. The molecule has 1 aliphatic rings. The summed E-state index contributed by atoms with van der Waals surface area (Å²) in [7, 11) is 0. The van der Waals surface area contributed by atoms with Crippen molar-refractivity contribution in [2.45, 2.75) is 46.1 Å². The normalized spacial score (nSPS) is 21.8. The van der Waals surface area contributed by atoms with Gasteiger partial charge in [-0.1, -0.05) is 6.92 Å². The molecule has 0 aliphatic carbocycles. The topological polar surface area (TPSA) is 49.8 Å². The van der Waals surface area contributed by atoms with Gasteiger partial charge in [-0.05, 0) is 39.7 Å². The van der Waals surface area contributed by atoms with Crippen LogP contribution in [0.3, 0.4) is 0 Å². The first-order valence-electron chi connectivity index (χ1n) is 6.20. The van der Waals surface area contributed by atoms with Crippen LogP contribution in [0.4, 0.5) is 4.79 Å². The number of amides is 1. The fraction of sp³-hybridized carbons (Fsp3) is 0.769. The maximum Gasteiger partial charge on any atom is 0.410 e. The number of hydrogen-bond acceptors (Lipinski definition) is 3. The first-order valence-corrected chi connectivity index (χ1v) is 6.20. The lowest BCUT2D eigenvalue weighted by Crippen LogP contribution is -2.35. The van der Waals surface area contributed by atoms with E-state index in [1.807, 2.05) is 33.8 Å². The molecular weight excluding hydrogens is 218 g/mol. The van der Waals surface area contributed by atoms with Crippen molar-refractivity contribution in [2.24, 2.45) is 5.92 Å². The van der Waals surface area contributed by atoms with Crippen molar-refractivity contribution in [3.8, 4) is 0 Å². The van der Waals surface area contributed by atoms with Crippen LogP contribution in [0.2, 0.25) is 0 Å². The number of ether oxygens (including phenoxy) is 1. The highest BCUT2D eigenvalue weighted by molar-refractivity contribution is 5.68. The van der Waals surface area contributed by atoms with Crippen LogP contribution in [0, 0.1) is 5.92 Å². The van der Waals surface area contributed by atoms with Gasteiger partial charge in [0.1, 0.15) is 5.60 Å². The highest BCUT2D eigenvalue weighted by Gasteiger charge is 2.31. The summed E-state index contributed by atoms with van der Waals surface area (Å²) < 4.78 is 5.30. The zero-order valence-electron chi connectivity index (χ0n) is 11.2. The molecule has 0 aromatic carbocycles. The first kappa shape index (κ1) is 13.9. The van der Waals surface area contributed by atoms with E-state index in [4.69, 9.17) is 4.74 Å². The lowest BCUT2D eigenvalue weighted by atomic mass is 10.1. The molecule has 0 spiro atoms. The monoisotopic (exact) mass is 241 g/mol. The molecule has 1 fully saturated rings. The average molecular weight is 241 g/mol. The average Bonchev–Trinajstić information content (AvgIpc) is 2.63. The Kier molecular flexibility index (Phi) is 4.43. The molecule has 1 heterocycles. The molecule has 98 valence electrons. The number of carbonyl (C=O) groups excluding carboxylic acids is 1. The molecule has 0 bridgehead atoms. The molecule has 1 saturated heterocycles. The minimum absolute atomic E-state index is 0.0717. The zero-order chi connectivity index (χ0) is 13.1. The Morgan fingerprint density at radius 2 is 2.18 bits per heavy atom. The number of aliphatic hydroxyl groups is 1. The Labute approximate surface area is 103 Å². The van der Waals surface area contributed by atoms with Gasteiger partial charge in [0.15, 0.2) is 0 Å². The number of rotatable bonds is 2. The number of allylic oxidation sites excluding steroid dienone is 1. The molecule has 1 rings (SSSR count). The summed E-state index contributed by atoms with van der Waals surface area (Å²) in [4.78, 5) is 13.5. The van der Waals surface area contributed by atoms with Gasteiger partial charge in [0.2, 0.25) is 0 Å². The lowest BCUT2D eigenvalue weighted by Gasteiger charge is -2.24. The smallest absolute Gasteiger partial charge is 0.410 e. The first-order chi connectivity index (χ1) is 7.83. The van der Waals surface area contributed by atoms with E-state index in [1.165, 1.54) is 0 Å². The minimum atomic E-state index is -0.462. The Bertz CT molecular complexity index is 304. The highest BCUT2D eigenvalue weighted by Crippen LogP contribution is 2.24. The van der Waals surface area contributed by atoms with E-state index in [2.05, 4.69) is 0 Å². The van der Waals surface area contributed by atoms with E-state index < -0.39 is 5.60 Å². The Balaban J connectivity index is 2.50. The van der Waals surface area contributed by atoms with Crippen molar-refractivity contribution in [2.75, 3.05) is 13.1 Å². The SMILES string of the molecule is CC/C=C(\O)[C@H]1CCN(C(=O)OC(C)(C)C)C1. The molecule has 1 aliphatic heterocycles. The van der Waals surface area contributed by atoms with Gasteiger partial charge in [-0.25, -0.2) is 4.79 Å². The van der Waals surface area contributed by atoms with E-state index >= 15 is 0 Å².